The lowest BCUT2D eigenvalue weighted by atomic mass is 9.98. The van der Waals surface area contributed by atoms with E-state index in [9.17, 15) is 4.79 Å². The van der Waals surface area contributed by atoms with Gasteiger partial charge in [0, 0.05) is 26.4 Å². The average molecular weight is 482 g/mol. The zero-order chi connectivity index (χ0) is 20.2. The molecule has 0 aliphatic carbocycles. The molecule has 2 atom stereocenters. The minimum absolute atomic E-state index is 0.0393. The maximum atomic E-state index is 12.6. The molecule has 0 spiro atoms. The number of ether oxygens (including phenoxy) is 1. The van der Waals surface area contributed by atoms with Crippen LogP contribution in [-0.2, 0) is 11.2 Å². The van der Waals surface area contributed by atoms with Gasteiger partial charge in [0.05, 0.1) is 16.7 Å². The van der Waals surface area contributed by atoms with E-state index >= 15 is 0 Å². The Morgan fingerprint density at radius 1 is 1.39 bits per heavy atom. The minimum atomic E-state index is -0.499. The fourth-order valence-corrected chi connectivity index (χ4v) is 6.56. The molecule has 0 fully saturated rings. The van der Waals surface area contributed by atoms with E-state index in [-0.39, 0.29) is 17.5 Å². The van der Waals surface area contributed by atoms with Gasteiger partial charge in [0.2, 0.25) is 0 Å². The second kappa shape index (κ2) is 7.15. The standard InChI is InChI=1S/C20H24BrN3O2S2/c1-10-16-12(7-8-24(10)19(25)26-20(2,3)4)15(17(22)28-16)18-23-13-9-11(21)5-6-14(13)27-18/h5-6,9-10,18,23H,7-8,22H2,1-4H3. The molecule has 3 heterocycles. The van der Waals surface area contributed by atoms with Crippen molar-refractivity contribution in [2.45, 2.75) is 56.0 Å². The third-order valence-electron chi connectivity index (χ3n) is 4.92. The van der Waals surface area contributed by atoms with Crippen LogP contribution in [-0.4, -0.2) is 23.1 Å². The fourth-order valence-electron chi connectivity index (χ4n) is 3.68. The van der Waals surface area contributed by atoms with Crippen LogP contribution in [0, 0.1) is 0 Å². The first-order valence-electron chi connectivity index (χ1n) is 9.27. The fraction of sp³-hybridized carbons (Fsp3) is 0.450. The van der Waals surface area contributed by atoms with Gasteiger partial charge in [-0.05, 0) is 57.9 Å². The Morgan fingerprint density at radius 2 is 2.14 bits per heavy atom. The van der Waals surface area contributed by atoms with Crippen LogP contribution in [0.2, 0.25) is 0 Å². The summed E-state index contributed by atoms with van der Waals surface area (Å²) in [6.45, 7) is 8.38. The molecule has 0 radical (unpaired) electrons. The number of benzene rings is 1. The molecule has 28 heavy (non-hydrogen) atoms. The molecule has 0 saturated heterocycles. The Hall–Kier alpha value is -1.38. The van der Waals surface area contributed by atoms with Crippen LogP contribution in [0.1, 0.15) is 55.1 Å². The maximum Gasteiger partial charge on any atom is 0.410 e. The number of nitrogen functional groups attached to an aromatic ring is 1. The number of rotatable bonds is 1. The second-order valence-corrected chi connectivity index (χ2v) is 11.3. The minimum Gasteiger partial charge on any atom is -0.444 e. The Balaban J connectivity index is 1.60. The summed E-state index contributed by atoms with van der Waals surface area (Å²) in [6.07, 6.45) is 0.533. The number of carbonyl (C=O) groups excluding carboxylic acids is 1. The van der Waals surface area contributed by atoms with E-state index in [1.165, 1.54) is 20.9 Å². The van der Waals surface area contributed by atoms with Crippen LogP contribution in [0.5, 0.6) is 0 Å². The number of thiophene rings is 1. The third kappa shape index (κ3) is 3.62. The van der Waals surface area contributed by atoms with Crippen molar-refractivity contribution in [3.8, 4) is 0 Å². The van der Waals surface area contributed by atoms with E-state index in [0.717, 1.165) is 21.6 Å². The Bertz CT molecular complexity index is 938. The van der Waals surface area contributed by atoms with Crippen LogP contribution in [0.15, 0.2) is 27.6 Å². The highest BCUT2D eigenvalue weighted by molar-refractivity contribution is 9.10. The van der Waals surface area contributed by atoms with E-state index in [1.54, 1.807) is 23.1 Å². The van der Waals surface area contributed by atoms with Gasteiger partial charge in [0.25, 0.3) is 0 Å². The molecule has 0 saturated carbocycles. The smallest absolute Gasteiger partial charge is 0.410 e. The highest BCUT2D eigenvalue weighted by atomic mass is 79.9. The topological polar surface area (TPSA) is 67.6 Å². The molecular weight excluding hydrogens is 458 g/mol. The first kappa shape index (κ1) is 19.9. The van der Waals surface area contributed by atoms with Crippen molar-refractivity contribution in [1.29, 1.82) is 0 Å². The summed E-state index contributed by atoms with van der Waals surface area (Å²) in [7, 11) is 0. The van der Waals surface area contributed by atoms with E-state index < -0.39 is 5.60 Å². The number of nitrogens with two attached hydrogens (primary N) is 1. The first-order chi connectivity index (χ1) is 13.1. The number of nitrogens with zero attached hydrogens (tertiary/aromatic N) is 1. The summed E-state index contributed by atoms with van der Waals surface area (Å²) in [5.41, 5.74) is 9.56. The van der Waals surface area contributed by atoms with Gasteiger partial charge in [-0.25, -0.2) is 4.79 Å². The van der Waals surface area contributed by atoms with Gasteiger partial charge >= 0.3 is 6.09 Å². The lowest BCUT2D eigenvalue weighted by Gasteiger charge is -2.35. The van der Waals surface area contributed by atoms with Crippen LogP contribution >= 0.6 is 39.0 Å². The van der Waals surface area contributed by atoms with Crippen molar-refractivity contribution in [3.63, 3.8) is 0 Å². The van der Waals surface area contributed by atoms with Crippen LogP contribution in [0.4, 0.5) is 15.5 Å². The molecule has 150 valence electrons. The van der Waals surface area contributed by atoms with Gasteiger partial charge < -0.3 is 20.7 Å². The lowest BCUT2D eigenvalue weighted by molar-refractivity contribution is 0.0163. The zero-order valence-electron chi connectivity index (χ0n) is 16.3. The molecule has 1 aromatic heterocycles. The SMILES string of the molecule is CC1c2sc(N)c(C3Nc4cc(Br)ccc4S3)c2CCN1C(=O)OC(C)(C)C. The number of fused-ring (bicyclic) bond motifs is 2. The number of thioether (sulfide) groups is 1. The first-order valence-corrected chi connectivity index (χ1v) is 11.8. The molecule has 2 unspecified atom stereocenters. The predicted molar refractivity (Wildman–Crippen MR) is 120 cm³/mol. The number of halogens is 1. The summed E-state index contributed by atoms with van der Waals surface area (Å²) < 4.78 is 6.65. The van der Waals surface area contributed by atoms with E-state index in [2.05, 4.69) is 46.4 Å². The molecular formula is C20H24BrN3O2S2. The molecule has 8 heteroatoms. The lowest BCUT2D eigenvalue weighted by Crippen LogP contribution is -2.41. The maximum absolute atomic E-state index is 12.6. The zero-order valence-corrected chi connectivity index (χ0v) is 19.6. The third-order valence-corrected chi connectivity index (χ3v) is 7.86. The van der Waals surface area contributed by atoms with Crippen molar-refractivity contribution in [2.24, 2.45) is 0 Å². The Morgan fingerprint density at radius 3 is 2.86 bits per heavy atom. The molecule has 4 rings (SSSR count). The molecule has 5 nitrogen and oxygen atoms in total. The number of nitrogens with one attached hydrogen (secondary N) is 1. The average Bonchev–Trinajstić information content (AvgIpc) is 3.13. The highest BCUT2D eigenvalue weighted by Crippen LogP contribution is 2.53. The quantitative estimate of drug-likeness (QED) is 0.509. The molecule has 2 aromatic rings. The second-order valence-electron chi connectivity index (χ2n) is 8.11. The predicted octanol–water partition coefficient (Wildman–Crippen LogP) is 6.16. The number of hydrogen-bond donors (Lipinski definition) is 2. The monoisotopic (exact) mass is 481 g/mol. The van der Waals surface area contributed by atoms with Gasteiger partial charge in [-0.3, -0.25) is 0 Å². The summed E-state index contributed by atoms with van der Waals surface area (Å²) in [4.78, 5) is 16.8. The van der Waals surface area contributed by atoms with Crippen molar-refractivity contribution in [2.75, 3.05) is 17.6 Å². The summed E-state index contributed by atoms with van der Waals surface area (Å²) in [6, 6.07) is 6.24. The van der Waals surface area contributed by atoms with Crippen LogP contribution < -0.4 is 11.1 Å². The molecule has 0 bridgehead atoms. The van der Waals surface area contributed by atoms with E-state index in [1.807, 2.05) is 25.7 Å². The summed E-state index contributed by atoms with van der Waals surface area (Å²) >= 11 is 6.93. The summed E-state index contributed by atoms with van der Waals surface area (Å²) in [5.74, 6) is 0. The van der Waals surface area contributed by atoms with E-state index in [4.69, 9.17) is 10.5 Å². The Kier molecular flexibility index (Phi) is 5.08. The molecule has 2 aliphatic rings. The Labute approximate surface area is 182 Å². The summed E-state index contributed by atoms with van der Waals surface area (Å²) in [5, 5.41) is 4.54. The van der Waals surface area contributed by atoms with Gasteiger partial charge in [0.1, 0.15) is 11.0 Å². The van der Waals surface area contributed by atoms with Crippen molar-refractivity contribution in [1.82, 2.24) is 4.90 Å². The van der Waals surface area contributed by atoms with Gasteiger partial charge in [0.15, 0.2) is 0 Å². The van der Waals surface area contributed by atoms with Crippen molar-refractivity contribution < 1.29 is 9.53 Å². The largest absolute Gasteiger partial charge is 0.444 e. The van der Waals surface area contributed by atoms with Crippen molar-refractivity contribution >= 4 is 55.8 Å². The molecule has 1 amide bonds. The number of amides is 1. The molecule has 1 aromatic carbocycles. The highest BCUT2D eigenvalue weighted by Gasteiger charge is 2.37. The molecule has 3 N–H and O–H groups in total. The van der Waals surface area contributed by atoms with E-state index in [0.29, 0.717) is 6.54 Å². The van der Waals surface area contributed by atoms with Crippen molar-refractivity contribution in [3.05, 3.63) is 38.7 Å². The van der Waals surface area contributed by atoms with Gasteiger partial charge in [-0.2, -0.15) is 0 Å². The number of hydrogen-bond acceptors (Lipinski definition) is 6. The number of anilines is 2. The van der Waals surface area contributed by atoms with Gasteiger partial charge in [-0.15, -0.1) is 11.3 Å². The number of carbonyl (C=O) groups is 1. The molecule has 2 aliphatic heterocycles. The van der Waals surface area contributed by atoms with Crippen LogP contribution in [0.3, 0.4) is 0 Å². The van der Waals surface area contributed by atoms with Gasteiger partial charge in [-0.1, -0.05) is 27.7 Å². The van der Waals surface area contributed by atoms with Crippen LogP contribution in [0.25, 0.3) is 0 Å². The normalized spacial score (nSPS) is 21.1.